The van der Waals surface area contributed by atoms with Crippen molar-refractivity contribution in [2.24, 2.45) is 0 Å². The van der Waals surface area contributed by atoms with Crippen molar-refractivity contribution in [2.75, 3.05) is 13.2 Å². The van der Waals surface area contributed by atoms with Gasteiger partial charge in [0.25, 0.3) is 0 Å². The van der Waals surface area contributed by atoms with Crippen molar-refractivity contribution < 1.29 is 18.5 Å². The van der Waals surface area contributed by atoms with E-state index in [0.717, 1.165) is 26.2 Å². The average molecular weight is 425 g/mol. The zero-order valence-corrected chi connectivity index (χ0v) is 18.5. The first-order chi connectivity index (χ1) is 14.6. The Morgan fingerprint density at radius 3 is 1.50 bits per heavy atom. The molecule has 0 radical (unpaired) electrons. The van der Waals surface area contributed by atoms with Gasteiger partial charge in [-0.15, -0.1) is 0 Å². The second kappa shape index (κ2) is 10.2. The fourth-order valence-corrected chi connectivity index (χ4v) is 6.23. The molecule has 0 N–H and O–H groups in total. The normalized spacial score (nSPS) is 11.6. The van der Waals surface area contributed by atoms with Crippen molar-refractivity contribution in [3.05, 3.63) is 78.9 Å². The lowest BCUT2D eigenvalue weighted by Gasteiger charge is -2.39. The molecule has 4 nitrogen and oxygen atoms in total. The summed E-state index contributed by atoms with van der Waals surface area (Å²) in [6.07, 6.45) is 0.301. The third kappa shape index (κ3) is 4.62. The van der Waals surface area contributed by atoms with Gasteiger partial charge in [-0.2, -0.15) is 0 Å². The average Bonchev–Trinajstić information content (AvgIpc) is 2.79. The number of rotatable bonds is 9. The van der Waals surface area contributed by atoms with Crippen molar-refractivity contribution in [1.82, 2.24) is 0 Å². The summed E-state index contributed by atoms with van der Waals surface area (Å²) in [6.45, 7) is 6.92. The molecule has 3 aromatic carbocycles. The highest BCUT2D eigenvalue weighted by Gasteiger charge is 2.35. The van der Waals surface area contributed by atoms with Crippen LogP contribution in [0.4, 0.5) is 0 Å². The quantitative estimate of drug-likeness (QED) is 0.386. The first-order valence-corrected chi connectivity index (χ1v) is 11.8. The minimum Gasteiger partial charge on any atom is -0.494 e. The third-order valence-corrected chi connectivity index (χ3v) is 7.76. The largest absolute Gasteiger partial charge is 0.494 e. The van der Waals surface area contributed by atoms with Gasteiger partial charge in [0.2, 0.25) is 0 Å². The van der Waals surface area contributed by atoms with E-state index < -0.39 is 10.3 Å². The molecule has 0 aliphatic heterocycles. The summed E-state index contributed by atoms with van der Waals surface area (Å²) >= 11 is 0. The first kappa shape index (κ1) is 21.8. The summed E-state index contributed by atoms with van der Waals surface area (Å²) in [6, 6.07) is 25.6. The second-order valence-corrected chi connectivity index (χ2v) is 9.18. The van der Waals surface area contributed by atoms with Crippen LogP contribution in [-0.2, 0) is 8.98 Å². The lowest BCUT2D eigenvalue weighted by atomic mass is 10.3. The van der Waals surface area contributed by atoms with Crippen LogP contribution in [0.3, 0.4) is 0 Å². The van der Waals surface area contributed by atoms with Gasteiger partial charge in [0.1, 0.15) is 11.5 Å². The molecule has 0 atom stereocenters. The predicted molar refractivity (Wildman–Crippen MR) is 120 cm³/mol. The van der Waals surface area contributed by atoms with Crippen LogP contribution in [0, 0.1) is 0 Å². The van der Waals surface area contributed by atoms with E-state index >= 15 is 0 Å². The van der Waals surface area contributed by atoms with Gasteiger partial charge in [0.05, 0.1) is 13.2 Å². The molecule has 3 rings (SSSR count). The summed E-state index contributed by atoms with van der Waals surface area (Å²) in [5, 5.41) is 0. The van der Waals surface area contributed by atoms with E-state index in [-0.39, 0.29) is 5.97 Å². The van der Waals surface area contributed by atoms with Crippen molar-refractivity contribution in [1.29, 1.82) is 0 Å². The third-order valence-electron chi connectivity index (χ3n) is 4.52. The van der Waals surface area contributed by atoms with Gasteiger partial charge < -0.3 is 13.7 Å². The molecule has 0 bridgehead atoms. The van der Waals surface area contributed by atoms with Gasteiger partial charge in [-0.1, -0.05) is 25.1 Å². The maximum absolute atomic E-state index is 12.6. The fourth-order valence-electron chi connectivity index (χ4n) is 3.15. The zero-order valence-electron chi connectivity index (χ0n) is 17.7. The molecule has 0 amide bonds. The highest BCUT2D eigenvalue weighted by Crippen LogP contribution is 2.69. The molecule has 5 heteroatoms. The lowest BCUT2D eigenvalue weighted by molar-refractivity contribution is -0.133. The van der Waals surface area contributed by atoms with E-state index in [0.29, 0.717) is 19.6 Å². The molecule has 0 saturated heterocycles. The van der Waals surface area contributed by atoms with Gasteiger partial charge in [-0.05, 0) is 84.8 Å². The Morgan fingerprint density at radius 2 is 1.10 bits per heavy atom. The van der Waals surface area contributed by atoms with Crippen LogP contribution < -0.4 is 9.47 Å². The summed E-state index contributed by atoms with van der Waals surface area (Å²) in [4.78, 5) is 15.5. The maximum atomic E-state index is 12.6. The van der Waals surface area contributed by atoms with Crippen LogP contribution in [0.15, 0.2) is 93.5 Å². The zero-order chi connectivity index (χ0) is 21.4. The van der Waals surface area contributed by atoms with E-state index in [1.54, 1.807) is 0 Å². The molecular formula is C25H28O4S. The number of hydrogen-bond acceptors (Lipinski definition) is 4. The molecule has 0 heterocycles. The molecule has 158 valence electrons. The van der Waals surface area contributed by atoms with Crippen LogP contribution in [0.2, 0.25) is 0 Å². The Hall–Kier alpha value is -2.92. The van der Waals surface area contributed by atoms with Crippen molar-refractivity contribution in [3.8, 4) is 11.5 Å². The van der Waals surface area contributed by atoms with Gasteiger partial charge in [-0.3, -0.25) is 4.79 Å². The maximum Gasteiger partial charge on any atom is 0.316 e. The number of carbonyl (C=O) groups excluding carboxylic acids is 1. The van der Waals surface area contributed by atoms with Gasteiger partial charge in [-0.25, -0.2) is 0 Å². The molecule has 0 aliphatic rings. The topological polar surface area (TPSA) is 44.8 Å². The molecule has 0 aliphatic carbocycles. The van der Waals surface area contributed by atoms with Crippen LogP contribution in [0.1, 0.15) is 27.2 Å². The Bertz CT molecular complexity index is 888. The highest BCUT2D eigenvalue weighted by molar-refractivity contribution is 8.30. The molecule has 0 aromatic heterocycles. The van der Waals surface area contributed by atoms with E-state index in [2.05, 4.69) is 0 Å². The van der Waals surface area contributed by atoms with Crippen molar-refractivity contribution in [3.63, 3.8) is 0 Å². The highest BCUT2D eigenvalue weighted by atomic mass is 32.3. The number of benzene rings is 3. The monoisotopic (exact) mass is 424 g/mol. The number of ether oxygens (including phenoxy) is 2. The predicted octanol–water partition coefficient (Wildman–Crippen LogP) is 6.63. The molecular weight excluding hydrogens is 396 g/mol. The fraction of sp³-hybridized carbons (Fsp3) is 0.240. The van der Waals surface area contributed by atoms with Crippen LogP contribution in [-0.4, -0.2) is 19.2 Å². The molecule has 0 spiro atoms. The van der Waals surface area contributed by atoms with Gasteiger partial charge in [0, 0.05) is 21.1 Å². The minimum absolute atomic E-state index is 0.239. The van der Waals surface area contributed by atoms with Crippen LogP contribution >= 0.6 is 10.3 Å². The summed E-state index contributed by atoms with van der Waals surface area (Å²) < 4.78 is 17.5. The van der Waals surface area contributed by atoms with Crippen LogP contribution in [0.25, 0.3) is 0 Å². The van der Waals surface area contributed by atoms with E-state index in [4.69, 9.17) is 13.7 Å². The molecule has 0 fully saturated rings. The first-order valence-electron chi connectivity index (χ1n) is 10.2. The number of carbonyl (C=O) groups is 1. The Kier molecular flexibility index (Phi) is 7.41. The Morgan fingerprint density at radius 1 is 0.667 bits per heavy atom. The molecule has 30 heavy (non-hydrogen) atoms. The summed E-state index contributed by atoms with van der Waals surface area (Å²) in [7, 11) is -2.27. The number of hydrogen-bond donors (Lipinski definition) is 0. The standard InChI is InChI=1S/C25H28O4S/c1-4-25(26)29-30(22-10-8-7-9-11-22,23-16-12-20(13-17-23)27-5-2)24-18-14-21(15-19-24)28-6-3/h7-19H,4-6H2,1-3H3. The van der Waals surface area contributed by atoms with E-state index in [1.165, 1.54) is 0 Å². The van der Waals surface area contributed by atoms with E-state index in [9.17, 15) is 4.79 Å². The van der Waals surface area contributed by atoms with Gasteiger partial charge in [0.15, 0.2) is 0 Å². The molecule has 0 saturated carbocycles. The molecule has 0 unspecified atom stereocenters. The summed E-state index contributed by atoms with van der Waals surface area (Å²) in [5.41, 5.74) is 0. The van der Waals surface area contributed by atoms with Crippen molar-refractivity contribution >= 4 is 16.3 Å². The Labute approximate surface area is 180 Å². The lowest BCUT2D eigenvalue weighted by Crippen LogP contribution is -2.13. The summed E-state index contributed by atoms with van der Waals surface area (Å²) in [5.74, 6) is 1.34. The van der Waals surface area contributed by atoms with Gasteiger partial charge >= 0.3 is 5.97 Å². The smallest absolute Gasteiger partial charge is 0.316 e. The van der Waals surface area contributed by atoms with Crippen LogP contribution in [0.5, 0.6) is 11.5 Å². The second-order valence-electron chi connectivity index (χ2n) is 6.49. The Balaban J connectivity index is 2.22. The SMILES string of the molecule is CCOc1ccc(S(OC(=O)CC)(c2ccccc2)c2ccc(OCC)cc2)cc1. The molecule has 3 aromatic rings. The minimum atomic E-state index is -2.27. The van der Waals surface area contributed by atoms with E-state index in [1.807, 2.05) is 99.6 Å². The van der Waals surface area contributed by atoms with Crippen molar-refractivity contribution in [2.45, 2.75) is 41.9 Å².